The summed E-state index contributed by atoms with van der Waals surface area (Å²) in [7, 11) is 0. The Kier molecular flexibility index (Phi) is 8.71. The van der Waals surface area contributed by atoms with E-state index in [1.807, 2.05) is 19.1 Å². The van der Waals surface area contributed by atoms with Gasteiger partial charge in [-0.3, -0.25) is 0 Å². The summed E-state index contributed by atoms with van der Waals surface area (Å²) >= 11 is 0. The fourth-order valence-electron chi connectivity index (χ4n) is 0.855. The normalized spacial score (nSPS) is 9.64. The zero-order valence-electron chi connectivity index (χ0n) is 7.69. The first-order chi connectivity index (χ1) is 5.41. The van der Waals surface area contributed by atoms with E-state index < -0.39 is 0 Å². The molecule has 0 spiro atoms. The van der Waals surface area contributed by atoms with Crippen molar-refractivity contribution in [2.24, 2.45) is 0 Å². The molecule has 0 aliphatic heterocycles. The third-order valence-corrected chi connectivity index (χ3v) is 1.51. The van der Waals surface area contributed by atoms with Crippen LogP contribution in [-0.4, -0.2) is 0 Å². The standard InChI is InChI=1S/C11H18/c1-3-5-7-9-11-10-8-6-4-2/h3,5H,4,6,8,10-11H2,1-2H3. The van der Waals surface area contributed by atoms with Gasteiger partial charge >= 0.3 is 0 Å². The molecule has 0 amide bonds. The highest BCUT2D eigenvalue weighted by atomic mass is 13.9. The van der Waals surface area contributed by atoms with Gasteiger partial charge in [-0.05, 0) is 19.4 Å². The van der Waals surface area contributed by atoms with Crippen LogP contribution in [0.5, 0.6) is 0 Å². The summed E-state index contributed by atoms with van der Waals surface area (Å²) in [4.78, 5) is 0. The zero-order valence-corrected chi connectivity index (χ0v) is 7.69. The molecule has 62 valence electrons. The predicted molar refractivity (Wildman–Crippen MR) is 51.3 cm³/mol. The Bertz CT molecular complexity index is 143. The van der Waals surface area contributed by atoms with Crippen LogP contribution in [0.25, 0.3) is 0 Å². The van der Waals surface area contributed by atoms with E-state index in [0.717, 1.165) is 6.42 Å². The van der Waals surface area contributed by atoms with E-state index in [2.05, 4.69) is 18.8 Å². The minimum Gasteiger partial charge on any atom is -0.0985 e. The summed E-state index contributed by atoms with van der Waals surface area (Å²) in [6.07, 6.45) is 10.2. The predicted octanol–water partition coefficient (Wildman–Crippen LogP) is 3.54. The van der Waals surface area contributed by atoms with Crippen molar-refractivity contribution >= 4 is 0 Å². The molecule has 0 heteroatoms. The lowest BCUT2D eigenvalue weighted by Gasteiger charge is -1.91. The Morgan fingerprint density at radius 3 is 2.64 bits per heavy atom. The smallest absolute Gasteiger partial charge is 0.00922 e. The van der Waals surface area contributed by atoms with Crippen molar-refractivity contribution in [3.63, 3.8) is 0 Å². The Balaban J connectivity index is 3.08. The van der Waals surface area contributed by atoms with E-state index in [1.165, 1.54) is 25.7 Å². The lowest BCUT2D eigenvalue weighted by molar-refractivity contribution is 0.679. The van der Waals surface area contributed by atoms with Gasteiger partial charge in [-0.1, -0.05) is 44.1 Å². The van der Waals surface area contributed by atoms with Gasteiger partial charge in [-0.2, -0.15) is 0 Å². The molecule has 0 nitrogen and oxygen atoms in total. The molecule has 0 bridgehead atoms. The fourth-order valence-corrected chi connectivity index (χ4v) is 0.855. The summed E-state index contributed by atoms with van der Waals surface area (Å²) in [6.45, 7) is 4.22. The van der Waals surface area contributed by atoms with Gasteiger partial charge in [0.2, 0.25) is 0 Å². The largest absolute Gasteiger partial charge is 0.0985 e. The molecule has 0 atom stereocenters. The lowest BCUT2D eigenvalue weighted by atomic mass is 10.2. The average Bonchev–Trinajstić information content (AvgIpc) is 2.03. The zero-order chi connectivity index (χ0) is 8.36. The number of hydrogen-bond donors (Lipinski definition) is 0. The maximum Gasteiger partial charge on any atom is 0.00922 e. The van der Waals surface area contributed by atoms with Gasteiger partial charge in [-0.15, -0.1) is 0 Å². The Morgan fingerprint density at radius 1 is 1.18 bits per heavy atom. The van der Waals surface area contributed by atoms with Crippen molar-refractivity contribution in [3.05, 3.63) is 12.2 Å². The fraction of sp³-hybridized carbons (Fsp3) is 0.636. The van der Waals surface area contributed by atoms with Gasteiger partial charge in [0, 0.05) is 6.42 Å². The summed E-state index contributed by atoms with van der Waals surface area (Å²) in [5, 5.41) is 0. The first-order valence-corrected chi connectivity index (χ1v) is 4.51. The van der Waals surface area contributed by atoms with Crippen molar-refractivity contribution in [1.82, 2.24) is 0 Å². The van der Waals surface area contributed by atoms with Crippen LogP contribution < -0.4 is 0 Å². The highest BCUT2D eigenvalue weighted by Crippen LogP contribution is 2.00. The van der Waals surface area contributed by atoms with E-state index in [9.17, 15) is 0 Å². The van der Waals surface area contributed by atoms with Gasteiger partial charge in [0.15, 0.2) is 0 Å². The van der Waals surface area contributed by atoms with Crippen LogP contribution in [-0.2, 0) is 0 Å². The number of rotatable bonds is 4. The maximum absolute atomic E-state index is 3.11. The van der Waals surface area contributed by atoms with Crippen molar-refractivity contribution in [2.75, 3.05) is 0 Å². The second-order valence-electron chi connectivity index (χ2n) is 2.63. The molecule has 0 rings (SSSR count). The van der Waals surface area contributed by atoms with Gasteiger partial charge < -0.3 is 0 Å². The van der Waals surface area contributed by atoms with Crippen LogP contribution in [0, 0.1) is 11.8 Å². The van der Waals surface area contributed by atoms with Gasteiger partial charge in [0.25, 0.3) is 0 Å². The minimum absolute atomic E-state index is 1.06. The van der Waals surface area contributed by atoms with Gasteiger partial charge in [0.1, 0.15) is 0 Å². The number of allylic oxidation sites excluding steroid dienone is 2. The quantitative estimate of drug-likeness (QED) is 0.425. The molecule has 0 aliphatic carbocycles. The van der Waals surface area contributed by atoms with E-state index in [-0.39, 0.29) is 0 Å². The minimum atomic E-state index is 1.06. The monoisotopic (exact) mass is 150 g/mol. The molecular weight excluding hydrogens is 132 g/mol. The maximum atomic E-state index is 3.11. The molecular formula is C11H18. The molecule has 0 heterocycles. The molecule has 0 saturated heterocycles. The molecule has 0 unspecified atom stereocenters. The summed E-state index contributed by atoms with van der Waals surface area (Å²) in [5.74, 6) is 6.09. The molecule has 0 N–H and O–H groups in total. The highest BCUT2D eigenvalue weighted by molar-refractivity contribution is 5.14. The Labute approximate surface area is 70.7 Å². The molecule has 0 aliphatic rings. The third-order valence-electron chi connectivity index (χ3n) is 1.51. The van der Waals surface area contributed by atoms with Gasteiger partial charge in [-0.25, -0.2) is 0 Å². The number of unbranched alkanes of at least 4 members (excludes halogenated alkanes) is 4. The van der Waals surface area contributed by atoms with Crippen LogP contribution in [0.4, 0.5) is 0 Å². The topological polar surface area (TPSA) is 0 Å². The second-order valence-corrected chi connectivity index (χ2v) is 2.63. The molecule has 0 aromatic rings. The molecule has 0 radical (unpaired) electrons. The van der Waals surface area contributed by atoms with E-state index in [4.69, 9.17) is 0 Å². The van der Waals surface area contributed by atoms with Gasteiger partial charge in [0.05, 0.1) is 0 Å². The lowest BCUT2D eigenvalue weighted by Crippen LogP contribution is -1.73. The van der Waals surface area contributed by atoms with Crippen molar-refractivity contribution in [2.45, 2.75) is 46.0 Å². The van der Waals surface area contributed by atoms with E-state index in [1.54, 1.807) is 0 Å². The van der Waals surface area contributed by atoms with Crippen LogP contribution in [0.1, 0.15) is 46.0 Å². The first kappa shape index (κ1) is 10.3. The summed E-state index contributed by atoms with van der Waals surface area (Å²) in [5.41, 5.74) is 0. The molecule has 0 saturated carbocycles. The Hall–Kier alpha value is -0.700. The molecule has 11 heavy (non-hydrogen) atoms. The Morgan fingerprint density at radius 2 is 2.00 bits per heavy atom. The summed E-state index contributed by atoms with van der Waals surface area (Å²) < 4.78 is 0. The van der Waals surface area contributed by atoms with Crippen molar-refractivity contribution in [3.8, 4) is 11.8 Å². The first-order valence-electron chi connectivity index (χ1n) is 4.51. The molecule has 0 aromatic carbocycles. The second kappa shape index (κ2) is 9.30. The SMILES string of the molecule is CC=CC#CCCCCCC. The average molecular weight is 150 g/mol. The third kappa shape index (κ3) is 9.30. The van der Waals surface area contributed by atoms with E-state index >= 15 is 0 Å². The molecule has 0 aromatic heterocycles. The number of hydrogen-bond acceptors (Lipinski definition) is 0. The van der Waals surface area contributed by atoms with E-state index in [0.29, 0.717) is 0 Å². The summed E-state index contributed by atoms with van der Waals surface area (Å²) in [6, 6.07) is 0. The van der Waals surface area contributed by atoms with Crippen LogP contribution in [0.15, 0.2) is 12.2 Å². The van der Waals surface area contributed by atoms with Crippen LogP contribution in [0.2, 0.25) is 0 Å². The highest BCUT2D eigenvalue weighted by Gasteiger charge is 1.82. The van der Waals surface area contributed by atoms with Crippen molar-refractivity contribution < 1.29 is 0 Å². The van der Waals surface area contributed by atoms with Crippen LogP contribution >= 0.6 is 0 Å². The van der Waals surface area contributed by atoms with Crippen LogP contribution in [0.3, 0.4) is 0 Å². The van der Waals surface area contributed by atoms with Crippen molar-refractivity contribution in [1.29, 1.82) is 0 Å². The molecule has 0 fully saturated rings.